The van der Waals surface area contributed by atoms with Crippen LogP contribution in [0.2, 0.25) is 0 Å². The molecule has 8 heteroatoms. The van der Waals surface area contributed by atoms with E-state index in [0.29, 0.717) is 5.56 Å². The zero-order valence-corrected chi connectivity index (χ0v) is 63.7. The van der Waals surface area contributed by atoms with E-state index in [1.54, 1.807) is 6.07 Å². The fraction of sp³-hybridized carbons (Fsp3) is 0.319. The molecule has 8 heterocycles. The second kappa shape index (κ2) is 25.9. The Bertz CT molecular complexity index is 5590. The van der Waals surface area contributed by atoms with Gasteiger partial charge >= 0.3 is 0 Å². The zero-order valence-electron chi connectivity index (χ0n) is 67.7. The average molecular weight is 1350 g/mol. The van der Waals surface area contributed by atoms with Crippen LogP contribution in [0.4, 0.5) is 0 Å². The second-order valence-electron chi connectivity index (χ2n) is 31.5. The van der Waals surface area contributed by atoms with Gasteiger partial charge in [-0.2, -0.15) is 0 Å². The van der Waals surface area contributed by atoms with Crippen LogP contribution in [0, 0.1) is 62.3 Å². The number of nitrogens with zero attached hydrogens (tertiary/aromatic N) is 8. The highest BCUT2D eigenvalue weighted by Crippen LogP contribution is 2.58. The van der Waals surface area contributed by atoms with Crippen molar-refractivity contribution in [1.82, 2.24) is 19.9 Å². The number of hydrogen-bond donors (Lipinski definition) is 0. The highest BCUT2D eigenvalue weighted by Gasteiger charge is 2.48. The third kappa shape index (κ3) is 11.7. The second-order valence-corrected chi connectivity index (χ2v) is 31.5. The molecule has 0 bridgehead atoms. The van der Waals surface area contributed by atoms with E-state index >= 15 is 0 Å². The summed E-state index contributed by atoms with van der Waals surface area (Å²) in [6.45, 7) is 32.0. The van der Waals surface area contributed by atoms with E-state index in [1.807, 2.05) is 23.9 Å². The molecule has 0 N–H and O–H groups in total. The Morgan fingerprint density at radius 1 is 0.343 bits per heavy atom. The summed E-state index contributed by atoms with van der Waals surface area (Å²) in [6.07, 6.45) is 12.9. The lowest BCUT2D eigenvalue weighted by molar-refractivity contribution is -0.660. The van der Waals surface area contributed by atoms with Gasteiger partial charge in [-0.1, -0.05) is 117 Å². The van der Waals surface area contributed by atoms with Crippen LogP contribution in [0.15, 0.2) is 183 Å². The van der Waals surface area contributed by atoms with Gasteiger partial charge in [-0.15, -0.1) is 0 Å². The van der Waals surface area contributed by atoms with Crippen LogP contribution in [0.3, 0.4) is 0 Å². The molecule has 0 saturated heterocycles. The Morgan fingerprint density at radius 3 is 1.15 bits per heavy atom. The predicted molar refractivity (Wildman–Crippen MR) is 417 cm³/mol. The third-order valence-corrected chi connectivity index (χ3v) is 23.1. The van der Waals surface area contributed by atoms with Crippen molar-refractivity contribution in [2.45, 2.75) is 171 Å². The normalized spacial score (nSPS) is 16.2. The standard InChI is InChI=1S/C27H31N2.C23H25N2.2C22H23N2/c1-17(2)20-10-13-29(5)25(15-20)22-16-23-21-9-8-19(4)28-26(21)27(11-6-7-12-27)24(23)14-18(22)3;1-14-9-10-25(6)21(11-14)18-13-19-17-8-7-16(3)24-22(17)23(4,5)20(19)12-15(18)2;1-14-12-19-18(13-17(14)20-8-6-7-11-24(20)5)16-10-9-15(2)23-21(16)22(19,3)4;1-14-12-18-16-10-9-15(2)23-21(16)22(3,4)19(18)13-17(14)20-8-6-7-11-24(20)5/h8-10,13-17H,6-7,11-12H2,1-5H3;7-13H,1-6H3;2*6-13H,1-5H3/q4*+1/i1D3,17D;;;. The summed E-state index contributed by atoms with van der Waals surface area (Å²) in [7, 11) is 8.29. The van der Waals surface area contributed by atoms with Crippen LogP contribution in [-0.2, 0) is 49.9 Å². The average Bonchev–Trinajstić information content (AvgIpc) is 1.62. The van der Waals surface area contributed by atoms with Crippen molar-refractivity contribution >= 4 is 0 Å². The zero-order chi connectivity index (χ0) is 75.8. The number of rotatable bonds is 5. The molecular formula is C94H102N8+4. The van der Waals surface area contributed by atoms with Crippen LogP contribution < -0.4 is 18.3 Å². The lowest BCUT2D eigenvalue weighted by Crippen LogP contribution is -2.31. The van der Waals surface area contributed by atoms with E-state index in [4.69, 9.17) is 25.4 Å². The Labute approximate surface area is 612 Å². The summed E-state index contributed by atoms with van der Waals surface area (Å²) in [5.74, 6) is -1.68. The molecular weight excluding hydrogens is 1240 g/mol. The molecule has 0 amide bonds. The quantitative estimate of drug-likeness (QED) is 0.161. The fourth-order valence-electron chi connectivity index (χ4n) is 17.3. The molecule has 5 aliphatic rings. The SMILES string of the molecule is Cc1cc[n+](C)c(-c2cc3c(cc2C)C(C)(C)c2nc(C)ccc2-3)c1.Cc1ccc2c(n1)C(C)(C)c1cc(-c3cccc[n+]3C)c(C)cc1-2.Cc1ccc2c(n1)C(C)(C)c1cc(C)c(-c3cccc[n+]3C)cc1-2.[2H]C([2H])([2H])C([2H])(C)c1cc[n+](C)c(-c2cc3c(cc2C)C2(CCCC2)c2nc(C)ccc2-3)c1. The summed E-state index contributed by atoms with van der Waals surface area (Å²) < 4.78 is 40.8. The summed E-state index contributed by atoms with van der Waals surface area (Å²) >= 11 is 0. The largest absolute Gasteiger partial charge is 0.257 e. The van der Waals surface area contributed by atoms with Crippen molar-refractivity contribution in [3.05, 3.63) is 284 Å². The molecule has 1 spiro atoms. The molecule has 8 aromatic heterocycles. The first-order chi connectivity index (χ1) is 50.0. The van der Waals surface area contributed by atoms with Gasteiger partial charge in [0.05, 0.1) is 22.8 Å². The summed E-state index contributed by atoms with van der Waals surface area (Å²) in [6, 6.07) is 56.9. The fourth-order valence-corrected chi connectivity index (χ4v) is 17.3. The van der Waals surface area contributed by atoms with E-state index in [0.717, 1.165) is 52.4 Å². The number of aryl methyl sites for hydroxylation is 13. The summed E-state index contributed by atoms with van der Waals surface area (Å²) in [5.41, 5.74) is 41.4. The number of pyridine rings is 8. The van der Waals surface area contributed by atoms with Gasteiger partial charge in [0.25, 0.3) is 0 Å². The van der Waals surface area contributed by atoms with Gasteiger partial charge in [-0.25, -0.2) is 18.3 Å². The maximum Gasteiger partial charge on any atom is 0.212 e. The minimum atomic E-state index is -2.41. The smallest absolute Gasteiger partial charge is 0.212 e. The number of benzene rings is 4. The van der Waals surface area contributed by atoms with Crippen LogP contribution >= 0.6 is 0 Å². The minimum absolute atomic E-state index is 0.0189. The molecule has 1 fully saturated rings. The monoisotopic (exact) mass is 1350 g/mol. The molecule has 514 valence electrons. The number of aromatic nitrogens is 8. The third-order valence-electron chi connectivity index (χ3n) is 23.1. The van der Waals surface area contributed by atoms with E-state index in [9.17, 15) is 0 Å². The Hall–Kier alpha value is -9.92. The maximum atomic E-state index is 8.57. The molecule has 17 rings (SSSR count). The molecule has 0 aliphatic heterocycles. The first kappa shape index (κ1) is 64.2. The molecule has 1 unspecified atom stereocenters. The topological polar surface area (TPSA) is 67.1 Å². The van der Waals surface area contributed by atoms with E-state index < -0.39 is 12.7 Å². The molecule has 12 aromatic rings. The van der Waals surface area contributed by atoms with Crippen molar-refractivity contribution in [2.24, 2.45) is 28.2 Å². The van der Waals surface area contributed by atoms with Crippen molar-refractivity contribution in [3.63, 3.8) is 0 Å². The molecule has 0 radical (unpaired) electrons. The summed E-state index contributed by atoms with van der Waals surface area (Å²) in [4.78, 5) is 19.6. The lowest BCUT2D eigenvalue weighted by Gasteiger charge is -2.26. The Kier molecular flexibility index (Phi) is 16.3. The molecule has 8 nitrogen and oxygen atoms in total. The van der Waals surface area contributed by atoms with Crippen LogP contribution in [0.1, 0.15) is 194 Å². The van der Waals surface area contributed by atoms with Gasteiger partial charge in [-0.05, 0) is 220 Å². The highest BCUT2D eigenvalue weighted by molar-refractivity contribution is 5.88. The van der Waals surface area contributed by atoms with Gasteiger partial charge < -0.3 is 0 Å². The molecule has 1 atom stereocenters. The van der Waals surface area contributed by atoms with Gasteiger partial charge in [-0.3, -0.25) is 19.9 Å². The van der Waals surface area contributed by atoms with E-state index in [-0.39, 0.29) is 21.7 Å². The molecule has 1 saturated carbocycles. The van der Waals surface area contributed by atoms with Crippen LogP contribution in [0.25, 0.3) is 89.5 Å². The van der Waals surface area contributed by atoms with Crippen molar-refractivity contribution in [3.8, 4) is 89.5 Å². The predicted octanol–water partition coefficient (Wildman–Crippen LogP) is 20.0. The first-order valence-electron chi connectivity index (χ1n) is 38.4. The minimum Gasteiger partial charge on any atom is -0.257 e. The van der Waals surface area contributed by atoms with Gasteiger partial charge in [0.1, 0.15) is 28.2 Å². The Balaban J connectivity index is 0.000000120. The highest BCUT2D eigenvalue weighted by atomic mass is 14.9. The van der Waals surface area contributed by atoms with Crippen molar-refractivity contribution < 1.29 is 23.8 Å². The molecule has 102 heavy (non-hydrogen) atoms. The van der Waals surface area contributed by atoms with E-state index in [2.05, 4.69) is 303 Å². The van der Waals surface area contributed by atoms with Crippen LogP contribution in [-0.4, -0.2) is 19.9 Å². The summed E-state index contributed by atoms with van der Waals surface area (Å²) in [5, 5.41) is 0. The van der Waals surface area contributed by atoms with Crippen LogP contribution in [0.5, 0.6) is 0 Å². The number of hydrogen-bond acceptors (Lipinski definition) is 4. The number of fused-ring (bicyclic) bond motifs is 14. The van der Waals surface area contributed by atoms with E-state index in [1.165, 1.54) is 165 Å². The molecule has 5 aliphatic carbocycles. The van der Waals surface area contributed by atoms with Gasteiger partial charge in [0.15, 0.2) is 24.8 Å². The lowest BCUT2D eigenvalue weighted by atomic mass is 9.78. The van der Waals surface area contributed by atoms with Crippen molar-refractivity contribution in [1.29, 1.82) is 0 Å². The van der Waals surface area contributed by atoms with Gasteiger partial charge in [0.2, 0.25) is 22.8 Å². The maximum absolute atomic E-state index is 8.57. The molecule has 4 aromatic carbocycles. The Morgan fingerprint density at radius 2 is 0.696 bits per heavy atom. The van der Waals surface area contributed by atoms with Gasteiger partial charge in [0, 0.05) is 143 Å². The van der Waals surface area contributed by atoms with Crippen molar-refractivity contribution in [2.75, 3.05) is 0 Å². The first-order valence-corrected chi connectivity index (χ1v) is 36.4.